The van der Waals surface area contributed by atoms with E-state index >= 15 is 0 Å². The summed E-state index contributed by atoms with van der Waals surface area (Å²) >= 11 is 0. The van der Waals surface area contributed by atoms with E-state index in [9.17, 15) is 0 Å². The Balaban J connectivity index is 0.796. The van der Waals surface area contributed by atoms with Crippen molar-refractivity contribution >= 4 is 58.4 Å². The summed E-state index contributed by atoms with van der Waals surface area (Å²) in [5, 5.41) is 0. The van der Waals surface area contributed by atoms with Gasteiger partial charge >= 0.3 is 0 Å². The molecule has 8 aromatic carbocycles. The molecule has 2 aliphatic carbocycles. The fraction of sp³-hybridized carbons (Fsp3) is 0.0952. The standard InChI is InChI=1S/C63H51N3/c1-62(2)58-39-44(29-35-54(58)56-37-33-52(41-60(56)62)65(48-17-9-5-10-18-48)49-19-11-6-12-20-49)25-26-46-28-32-47(64-43-46)31-27-45-30-36-55-57-38-34-53(42-61(57)63(3,4)59(55)40-45)66(50-21-13-7-14-22-50)51-23-15-8-16-24-51/h5-43H,1-4H3/b26-25+,31-27+. The van der Waals surface area contributed by atoms with Crippen LogP contribution in [0.1, 0.15) is 72.3 Å². The Labute approximate surface area is 389 Å². The van der Waals surface area contributed by atoms with Gasteiger partial charge in [0, 0.05) is 51.2 Å². The zero-order chi connectivity index (χ0) is 44.8. The molecule has 11 rings (SSSR count). The number of fused-ring (bicyclic) bond motifs is 6. The van der Waals surface area contributed by atoms with Gasteiger partial charge in [-0.25, -0.2) is 0 Å². The van der Waals surface area contributed by atoms with Crippen molar-refractivity contribution in [3.63, 3.8) is 0 Å². The topological polar surface area (TPSA) is 19.4 Å². The maximum atomic E-state index is 4.84. The highest BCUT2D eigenvalue weighted by Crippen LogP contribution is 2.52. The summed E-state index contributed by atoms with van der Waals surface area (Å²) in [5.74, 6) is 0. The van der Waals surface area contributed by atoms with Crippen molar-refractivity contribution in [1.82, 2.24) is 4.98 Å². The second kappa shape index (κ2) is 16.5. The number of anilines is 6. The van der Waals surface area contributed by atoms with Gasteiger partial charge in [-0.2, -0.15) is 0 Å². The van der Waals surface area contributed by atoms with E-state index in [1.165, 1.54) is 55.6 Å². The molecule has 3 heteroatoms. The second-order valence-corrected chi connectivity index (χ2v) is 18.5. The van der Waals surface area contributed by atoms with Gasteiger partial charge < -0.3 is 9.80 Å². The van der Waals surface area contributed by atoms with E-state index < -0.39 is 0 Å². The molecule has 2 aliphatic rings. The molecule has 9 aromatic rings. The molecule has 318 valence electrons. The summed E-state index contributed by atoms with van der Waals surface area (Å²) in [4.78, 5) is 9.53. The van der Waals surface area contributed by atoms with Crippen LogP contribution >= 0.6 is 0 Å². The minimum Gasteiger partial charge on any atom is -0.310 e. The quantitative estimate of drug-likeness (QED) is 0.137. The van der Waals surface area contributed by atoms with Gasteiger partial charge in [-0.15, -0.1) is 0 Å². The second-order valence-electron chi connectivity index (χ2n) is 18.5. The molecule has 0 atom stereocenters. The Kier molecular flexibility index (Phi) is 10.2. The molecule has 3 nitrogen and oxygen atoms in total. The molecule has 0 spiro atoms. The molecule has 0 aliphatic heterocycles. The Morgan fingerprint density at radius 2 is 0.652 bits per heavy atom. The molecule has 0 bridgehead atoms. The third kappa shape index (κ3) is 7.33. The Bertz CT molecular complexity index is 2970. The maximum absolute atomic E-state index is 4.84. The zero-order valence-electron chi connectivity index (χ0n) is 37.9. The molecule has 0 N–H and O–H groups in total. The first-order valence-electron chi connectivity index (χ1n) is 22.9. The Hall–Kier alpha value is -8.01. The van der Waals surface area contributed by atoms with Crippen LogP contribution in [0, 0.1) is 0 Å². The van der Waals surface area contributed by atoms with Crippen molar-refractivity contribution in [3.05, 3.63) is 257 Å². The third-order valence-corrected chi connectivity index (χ3v) is 13.7. The van der Waals surface area contributed by atoms with Crippen LogP contribution in [0.5, 0.6) is 0 Å². The largest absolute Gasteiger partial charge is 0.310 e. The molecule has 0 fully saturated rings. The van der Waals surface area contributed by atoms with Gasteiger partial charge in [-0.05, 0) is 146 Å². The van der Waals surface area contributed by atoms with Crippen LogP contribution in [0.25, 0.3) is 46.6 Å². The van der Waals surface area contributed by atoms with E-state index in [-0.39, 0.29) is 10.8 Å². The lowest BCUT2D eigenvalue weighted by atomic mass is 9.81. The van der Waals surface area contributed by atoms with Gasteiger partial charge in [0.2, 0.25) is 0 Å². The van der Waals surface area contributed by atoms with Crippen LogP contribution in [0.4, 0.5) is 34.1 Å². The van der Waals surface area contributed by atoms with Gasteiger partial charge in [0.1, 0.15) is 0 Å². The minimum atomic E-state index is -0.162. The third-order valence-electron chi connectivity index (χ3n) is 13.7. The molecular weight excluding hydrogens is 799 g/mol. The fourth-order valence-corrected chi connectivity index (χ4v) is 10.2. The van der Waals surface area contributed by atoms with Crippen LogP contribution in [0.15, 0.2) is 212 Å². The summed E-state index contributed by atoms with van der Waals surface area (Å²) in [6.07, 6.45) is 10.6. The van der Waals surface area contributed by atoms with Crippen LogP contribution in [-0.4, -0.2) is 4.98 Å². The number of hydrogen-bond donors (Lipinski definition) is 0. The highest BCUT2D eigenvalue weighted by Gasteiger charge is 2.37. The van der Waals surface area contributed by atoms with Gasteiger partial charge in [0.15, 0.2) is 0 Å². The summed E-state index contributed by atoms with van der Waals surface area (Å²) in [7, 11) is 0. The molecule has 1 heterocycles. The zero-order valence-corrected chi connectivity index (χ0v) is 37.9. The highest BCUT2D eigenvalue weighted by atomic mass is 15.1. The summed E-state index contributed by atoms with van der Waals surface area (Å²) < 4.78 is 0. The first-order valence-corrected chi connectivity index (χ1v) is 22.9. The van der Waals surface area contributed by atoms with Crippen LogP contribution in [0.3, 0.4) is 0 Å². The SMILES string of the molecule is CC1(C)c2cc(/C=C/c3ccc(/C=C/c4ccc5c(c4)C(C)(C)c4cc(N(c6ccccc6)c6ccccc6)ccc4-5)nc3)ccc2-c2ccc(N(c3ccccc3)c3ccccc3)cc21. The highest BCUT2D eigenvalue weighted by molar-refractivity contribution is 5.89. The predicted octanol–water partition coefficient (Wildman–Crippen LogP) is 17.0. The van der Waals surface area contributed by atoms with E-state index in [0.717, 1.165) is 45.4 Å². The van der Waals surface area contributed by atoms with E-state index in [2.05, 4.69) is 268 Å². The Morgan fingerprint density at radius 3 is 1.03 bits per heavy atom. The number of hydrogen-bond acceptors (Lipinski definition) is 3. The molecule has 1 aromatic heterocycles. The van der Waals surface area contributed by atoms with Crippen molar-refractivity contribution in [1.29, 1.82) is 0 Å². The average Bonchev–Trinajstić information content (AvgIpc) is 3.72. The number of aromatic nitrogens is 1. The predicted molar refractivity (Wildman–Crippen MR) is 279 cm³/mol. The fourth-order valence-electron chi connectivity index (χ4n) is 10.2. The Morgan fingerprint density at radius 1 is 0.318 bits per heavy atom. The van der Waals surface area contributed by atoms with Crippen molar-refractivity contribution in [2.75, 3.05) is 9.80 Å². The summed E-state index contributed by atoms with van der Waals surface area (Å²) in [6.45, 7) is 9.41. The number of rotatable bonds is 10. The normalized spacial score (nSPS) is 13.9. The smallest absolute Gasteiger partial charge is 0.0630 e. The van der Waals surface area contributed by atoms with Crippen molar-refractivity contribution in [2.24, 2.45) is 0 Å². The first kappa shape index (κ1) is 40.7. The maximum Gasteiger partial charge on any atom is 0.0630 e. The van der Waals surface area contributed by atoms with E-state index in [1.807, 2.05) is 6.20 Å². The number of nitrogens with zero attached hydrogens (tertiary/aromatic N) is 3. The molecule has 0 saturated heterocycles. The van der Waals surface area contributed by atoms with Crippen molar-refractivity contribution < 1.29 is 0 Å². The number of benzene rings is 8. The molecule has 0 radical (unpaired) electrons. The van der Waals surface area contributed by atoms with Gasteiger partial charge in [0.25, 0.3) is 0 Å². The van der Waals surface area contributed by atoms with Gasteiger partial charge in [-0.3, -0.25) is 4.98 Å². The van der Waals surface area contributed by atoms with E-state index in [1.54, 1.807) is 0 Å². The van der Waals surface area contributed by atoms with Crippen molar-refractivity contribution in [2.45, 2.75) is 38.5 Å². The monoisotopic (exact) mass is 849 g/mol. The van der Waals surface area contributed by atoms with E-state index in [0.29, 0.717) is 0 Å². The van der Waals surface area contributed by atoms with Gasteiger partial charge in [-0.1, -0.05) is 173 Å². The van der Waals surface area contributed by atoms with Gasteiger partial charge in [0.05, 0.1) is 5.69 Å². The molecular formula is C63H51N3. The molecule has 0 unspecified atom stereocenters. The number of para-hydroxylation sites is 4. The summed E-state index contributed by atoms with van der Waals surface area (Å²) in [6, 6.07) is 74.4. The van der Waals surface area contributed by atoms with Crippen LogP contribution < -0.4 is 9.80 Å². The van der Waals surface area contributed by atoms with Crippen LogP contribution in [0.2, 0.25) is 0 Å². The lowest BCUT2D eigenvalue weighted by Crippen LogP contribution is -2.16. The average molecular weight is 850 g/mol. The molecule has 0 saturated carbocycles. The van der Waals surface area contributed by atoms with E-state index in [4.69, 9.17) is 4.98 Å². The lowest BCUT2D eigenvalue weighted by molar-refractivity contribution is 0.660. The lowest BCUT2D eigenvalue weighted by Gasteiger charge is -2.28. The van der Waals surface area contributed by atoms with Crippen LogP contribution in [-0.2, 0) is 10.8 Å². The molecule has 0 amide bonds. The van der Waals surface area contributed by atoms with Crippen molar-refractivity contribution in [3.8, 4) is 22.3 Å². The first-order chi connectivity index (χ1) is 32.2. The molecule has 66 heavy (non-hydrogen) atoms. The minimum absolute atomic E-state index is 0.159. The number of pyridine rings is 1. The summed E-state index contributed by atoms with van der Waals surface area (Å²) in [5.41, 5.74) is 21.5.